The van der Waals surface area contributed by atoms with Crippen LogP contribution < -0.4 is 4.90 Å². The fraction of sp³-hybridized carbons (Fsp3) is 0.381. The van der Waals surface area contributed by atoms with E-state index in [1.807, 2.05) is 56.0 Å². The average Bonchev–Trinajstić information content (AvgIpc) is 3.18. The molecular formula is C21H24N6O. The first-order valence-corrected chi connectivity index (χ1v) is 9.48. The summed E-state index contributed by atoms with van der Waals surface area (Å²) in [5.74, 6) is 1.03. The van der Waals surface area contributed by atoms with Gasteiger partial charge in [0.05, 0.1) is 12.2 Å². The van der Waals surface area contributed by atoms with Crippen molar-refractivity contribution in [2.24, 2.45) is 14.1 Å². The van der Waals surface area contributed by atoms with Crippen LogP contribution in [-0.2, 0) is 14.1 Å². The van der Waals surface area contributed by atoms with Crippen molar-refractivity contribution >= 4 is 22.5 Å². The molecule has 2 aromatic heterocycles. The van der Waals surface area contributed by atoms with Gasteiger partial charge in [0.15, 0.2) is 5.78 Å². The van der Waals surface area contributed by atoms with E-state index in [1.165, 1.54) is 0 Å². The molecule has 1 fully saturated rings. The molecule has 1 aromatic carbocycles. The van der Waals surface area contributed by atoms with Crippen LogP contribution in [-0.4, -0.2) is 57.8 Å². The molecule has 144 valence electrons. The molecule has 0 bridgehead atoms. The summed E-state index contributed by atoms with van der Waals surface area (Å²) in [6.45, 7) is 5.39. The predicted octanol–water partition coefficient (Wildman–Crippen LogP) is 2.10. The number of para-hydroxylation sites is 1. The van der Waals surface area contributed by atoms with Crippen LogP contribution in [0.4, 0.5) is 5.82 Å². The maximum absolute atomic E-state index is 12.9. The van der Waals surface area contributed by atoms with Gasteiger partial charge in [-0.1, -0.05) is 18.2 Å². The van der Waals surface area contributed by atoms with Crippen LogP contribution in [0.5, 0.6) is 0 Å². The van der Waals surface area contributed by atoms with Gasteiger partial charge in [0.25, 0.3) is 0 Å². The SMILES string of the molecule is Cc1nn(C)c(N2CCN(CC(=O)c3cn(C)c4ccccc34)CC2)c1C#N. The average molecular weight is 376 g/mol. The molecule has 7 heteroatoms. The smallest absolute Gasteiger partial charge is 0.178 e. The number of rotatable bonds is 4. The Bertz CT molecular complexity index is 1080. The van der Waals surface area contributed by atoms with E-state index in [1.54, 1.807) is 4.68 Å². The minimum atomic E-state index is 0.152. The van der Waals surface area contributed by atoms with Crippen molar-refractivity contribution in [2.75, 3.05) is 37.6 Å². The number of fused-ring (bicyclic) bond motifs is 1. The first kappa shape index (κ1) is 18.3. The van der Waals surface area contributed by atoms with E-state index < -0.39 is 0 Å². The number of piperazine rings is 1. The van der Waals surface area contributed by atoms with E-state index in [2.05, 4.69) is 21.0 Å². The number of nitriles is 1. The van der Waals surface area contributed by atoms with Crippen LogP contribution in [0.25, 0.3) is 10.9 Å². The van der Waals surface area contributed by atoms with Crippen LogP contribution in [0.1, 0.15) is 21.6 Å². The van der Waals surface area contributed by atoms with Gasteiger partial charge in [0, 0.05) is 62.9 Å². The zero-order valence-corrected chi connectivity index (χ0v) is 16.5. The number of benzene rings is 1. The van der Waals surface area contributed by atoms with Gasteiger partial charge in [-0.3, -0.25) is 14.4 Å². The zero-order valence-electron chi connectivity index (χ0n) is 16.5. The number of carbonyl (C=O) groups excluding carboxylic acids is 1. The largest absolute Gasteiger partial charge is 0.353 e. The standard InChI is InChI=1S/C21H24N6O/c1-15-17(12-22)21(25(3)23-15)27-10-8-26(9-11-27)14-20(28)18-13-24(2)19-7-5-4-6-16(18)19/h4-7,13H,8-11,14H2,1-3H3. The summed E-state index contributed by atoms with van der Waals surface area (Å²) in [7, 11) is 3.85. The molecule has 0 amide bonds. The second kappa shape index (κ2) is 7.13. The molecule has 0 unspecified atom stereocenters. The fourth-order valence-electron chi connectivity index (χ4n) is 4.11. The minimum Gasteiger partial charge on any atom is -0.353 e. The molecule has 0 spiro atoms. The van der Waals surface area contributed by atoms with Gasteiger partial charge in [-0.05, 0) is 13.0 Å². The number of aromatic nitrogens is 3. The Balaban J connectivity index is 1.45. The summed E-state index contributed by atoms with van der Waals surface area (Å²) >= 11 is 0. The van der Waals surface area contributed by atoms with Crippen molar-refractivity contribution in [3.63, 3.8) is 0 Å². The summed E-state index contributed by atoms with van der Waals surface area (Å²) in [4.78, 5) is 17.3. The lowest BCUT2D eigenvalue weighted by Gasteiger charge is -2.35. The third-order valence-corrected chi connectivity index (χ3v) is 5.54. The molecule has 0 saturated carbocycles. The quantitative estimate of drug-likeness (QED) is 0.652. The van der Waals surface area contributed by atoms with Gasteiger partial charge in [-0.15, -0.1) is 0 Å². The summed E-state index contributed by atoms with van der Waals surface area (Å²) in [5.41, 5.74) is 3.26. The van der Waals surface area contributed by atoms with Gasteiger partial charge in [0.1, 0.15) is 17.5 Å². The fourth-order valence-corrected chi connectivity index (χ4v) is 4.11. The number of hydrogen-bond donors (Lipinski definition) is 0. The molecular weight excluding hydrogens is 352 g/mol. The van der Waals surface area contributed by atoms with Crippen LogP contribution in [0.15, 0.2) is 30.5 Å². The maximum Gasteiger partial charge on any atom is 0.178 e. The summed E-state index contributed by atoms with van der Waals surface area (Å²) in [6, 6.07) is 10.3. The Morgan fingerprint density at radius 1 is 1.18 bits per heavy atom. The van der Waals surface area contributed by atoms with E-state index in [4.69, 9.17) is 0 Å². The minimum absolute atomic E-state index is 0.152. The molecule has 3 aromatic rings. The first-order chi connectivity index (χ1) is 13.5. The third-order valence-electron chi connectivity index (χ3n) is 5.54. The van der Waals surface area contributed by atoms with E-state index >= 15 is 0 Å². The molecule has 3 heterocycles. The summed E-state index contributed by atoms with van der Waals surface area (Å²) in [5, 5.41) is 14.8. The lowest BCUT2D eigenvalue weighted by Crippen LogP contribution is -2.48. The maximum atomic E-state index is 12.9. The lowest BCUT2D eigenvalue weighted by molar-refractivity contribution is 0.0927. The number of hydrogen-bond acceptors (Lipinski definition) is 5. The molecule has 4 rings (SSSR count). The number of nitrogens with zero attached hydrogens (tertiary/aromatic N) is 6. The number of Topliss-reactive ketones (excluding diaryl/α,β-unsaturated/α-hetero) is 1. The second-order valence-electron chi connectivity index (χ2n) is 7.38. The highest BCUT2D eigenvalue weighted by Gasteiger charge is 2.25. The number of anilines is 1. The normalized spacial score (nSPS) is 15.1. The second-order valence-corrected chi connectivity index (χ2v) is 7.38. The van der Waals surface area contributed by atoms with Gasteiger partial charge in [-0.2, -0.15) is 10.4 Å². The Morgan fingerprint density at radius 2 is 1.89 bits per heavy atom. The highest BCUT2D eigenvalue weighted by atomic mass is 16.1. The van der Waals surface area contributed by atoms with Crippen molar-refractivity contribution in [2.45, 2.75) is 6.92 Å². The monoisotopic (exact) mass is 376 g/mol. The molecule has 0 N–H and O–H groups in total. The van der Waals surface area contributed by atoms with Crippen LogP contribution in [0, 0.1) is 18.3 Å². The molecule has 0 aliphatic carbocycles. The highest BCUT2D eigenvalue weighted by Crippen LogP contribution is 2.24. The van der Waals surface area contributed by atoms with Crippen molar-refractivity contribution in [3.8, 4) is 6.07 Å². The van der Waals surface area contributed by atoms with Gasteiger partial charge >= 0.3 is 0 Å². The van der Waals surface area contributed by atoms with Crippen molar-refractivity contribution in [3.05, 3.63) is 47.3 Å². The van der Waals surface area contributed by atoms with Crippen LogP contribution >= 0.6 is 0 Å². The van der Waals surface area contributed by atoms with Crippen molar-refractivity contribution in [1.29, 1.82) is 5.26 Å². The topological polar surface area (TPSA) is 70.1 Å². The molecule has 7 nitrogen and oxygen atoms in total. The summed E-state index contributed by atoms with van der Waals surface area (Å²) in [6.07, 6.45) is 1.93. The van der Waals surface area contributed by atoms with E-state index in [0.717, 1.165) is 54.2 Å². The first-order valence-electron chi connectivity index (χ1n) is 9.48. The van der Waals surface area contributed by atoms with Gasteiger partial charge < -0.3 is 9.47 Å². The van der Waals surface area contributed by atoms with Crippen LogP contribution in [0.3, 0.4) is 0 Å². The third kappa shape index (κ3) is 3.06. The van der Waals surface area contributed by atoms with Crippen LogP contribution in [0.2, 0.25) is 0 Å². The molecule has 1 aliphatic heterocycles. The van der Waals surface area contributed by atoms with Gasteiger partial charge in [0.2, 0.25) is 0 Å². The van der Waals surface area contributed by atoms with E-state index in [9.17, 15) is 10.1 Å². The number of carbonyl (C=O) groups is 1. The lowest BCUT2D eigenvalue weighted by atomic mass is 10.1. The zero-order chi connectivity index (χ0) is 19.8. The number of ketones is 1. The molecule has 28 heavy (non-hydrogen) atoms. The Labute approximate surface area is 164 Å². The van der Waals surface area contributed by atoms with Crippen molar-refractivity contribution < 1.29 is 4.79 Å². The Kier molecular flexibility index (Phi) is 4.65. The van der Waals surface area contributed by atoms with E-state index in [0.29, 0.717) is 12.1 Å². The van der Waals surface area contributed by atoms with E-state index in [-0.39, 0.29) is 5.78 Å². The molecule has 1 aliphatic rings. The highest BCUT2D eigenvalue weighted by molar-refractivity contribution is 6.09. The number of aryl methyl sites for hydroxylation is 3. The Hall–Kier alpha value is -3.11. The van der Waals surface area contributed by atoms with Crippen molar-refractivity contribution in [1.82, 2.24) is 19.2 Å². The molecule has 0 radical (unpaired) electrons. The molecule has 0 atom stereocenters. The summed E-state index contributed by atoms with van der Waals surface area (Å²) < 4.78 is 3.79. The Morgan fingerprint density at radius 3 is 2.61 bits per heavy atom. The van der Waals surface area contributed by atoms with Gasteiger partial charge in [-0.25, -0.2) is 0 Å². The molecule has 1 saturated heterocycles. The predicted molar refractivity (Wildman–Crippen MR) is 109 cm³/mol.